The van der Waals surface area contributed by atoms with Gasteiger partial charge in [0.25, 0.3) is 9.04 Å². The van der Waals surface area contributed by atoms with Crippen LogP contribution in [0.1, 0.15) is 66.7 Å². The lowest BCUT2D eigenvalue weighted by molar-refractivity contribution is 0.00578. The van der Waals surface area contributed by atoms with E-state index in [1.54, 1.807) is 0 Å². The standard InChI is InChI=1S/C27H36BO3Si/c1-22(21-28-29-25(2,3)26(4,5)30-28)27(19-13-8-14-20-27)31-32(23-15-9-6-10-16-23)24-17-11-7-12-18-24/h6-7,9-12,15-18,21H,8,13-14,19-20H2,1-5H3/b22-21+. The van der Waals surface area contributed by atoms with E-state index >= 15 is 0 Å². The molecule has 0 spiro atoms. The van der Waals surface area contributed by atoms with Gasteiger partial charge in [0.05, 0.1) is 16.8 Å². The zero-order chi connectivity index (χ0) is 22.8. The molecule has 0 unspecified atom stereocenters. The van der Waals surface area contributed by atoms with Crippen LogP contribution in [0.2, 0.25) is 0 Å². The van der Waals surface area contributed by atoms with Crippen LogP contribution in [0.5, 0.6) is 0 Å². The van der Waals surface area contributed by atoms with Crippen molar-refractivity contribution in [3.8, 4) is 0 Å². The highest BCUT2D eigenvalue weighted by Crippen LogP contribution is 2.41. The monoisotopic (exact) mass is 447 g/mol. The Morgan fingerprint density at radius 1 is 0.812 bits per heavy atom. The highest BCUT2D eigenvalue weighted by Gasteiger charge is 2.51. The van der Waals surface area contributed by atoms with Gasteiger partial charge in [0.15, 0.2) is 0 Å². The quantitative estimate of drug-likeness (QED) is 0.578. The maximum absolute atomic E-state index is 7.25. The molecule has 1 radical (unpaired) electrons. The molecule has 5 heteroatoms. The molecule has 169 valence electrons. The number of hydrogen-bond donors (Lipinski definition) is 0. The Morgan fingerprint density at radius 3 is 1.75 bits per heavy atom. The van der Waals surface area contributed by atoms with Gasteiger partial charge in [-0.1, -0.05) is 91.5 Å². The molecule has 1 aliphatic carbocycles. The van der Waals surface area contributed by atoms with E-state index in [1.807, 2.05) is 0 Å². The summed E-state index contributed by atoms with van der Waals surface area (Å²) in [5.41, 5.74) is 0.294. The van der Waals surface area contributed by atoms with Crippen molar-refractivity contribution in [3.63, 3.8) is 0 Å². The number of rotatable bonds is 6. The third-order valence-electron chi connectivity index (χ3n) is 7.41. The first kappa shape index (κ1) is 23.5. The second-order valence-corrected chi connectivity index (χ2v) is 12.2. The SMILES string of the molecule is C/C(=C\B1OC(C)(C)C(C)(C)O1)C1(O[Si](c2ccccc2)c2ccccc2)CCCCC1. The van der Waals surface area contributed by atoms with Crippen molar-refractivity contribution in [2.45, 2.75) is 83.5 Å². The first-order valence-corrected chi connectivity index (χ1v) is 13.3. The summed E-state index contributed by atoms with van der Waals surface area (Å²) in [7, 11) is -1.74. The second-order valence-electron chi connectivity index (χ2n) is 10.2. The van der Waals surface area contributed by atoms with Gasteiger partial charge in [0.1, 0.15) is 0 Å². The maximum Gasteiger partial charge on any atom is 0.487 e. The molecule has 0 aromatic heterocycles. The summed E-state index contributed by atoms with van der Waals surface area (Å²) in [6.45, 7) is 10.6. The van der Waals surface area contributed by atoms with Crippen LogP contribution in [0, 0.1) is 0 Å². The minimum atomic E-state index is -1.40. The van der Waals surface area contributed by atoms with Crippen LogP contribution < -0.4 is 10.4 Å². The van der Waals surface area contributed by atoms with E-state index in [1.165, 1.54) is 35.2 Å². The van der Waals surface area contributed by atoms with Gasteiger partial charge in [0.2, 0.25) is 0 Å². The topological polar surface area (TPSA) is 27.7 Å². The van der Waals surface area contributed by atoms with E-state index in [4.69, 9.17) is 13.7 Å². The van der Waals surface area contributed by atoms with Gasteiger partial charge < -0.3 is 13.7 Å². The molecule has 0 N–H and O–H groups in total. The molecule has 32 heavy (non-hydrogen) atoms. The third kappa shape index (κ3) is 4.81. The molecule has 0 bridgehead atoms. The normalized spacial score (nSPS) is 22.3. The highest BCUT2D eigenvalue weighted by atomic mass is 28.3. The van der Waals surface area contributed by atoms with Crippen LogP contribution in [0.4, 0.5) is 0 Å². The van der Waals surface area contributed by atoms with Gasteiger partial charge in [-0.3, -0.25) is 0 Å². The molecular formula is C27H36BO3Si. The summed E-state index contributed by atoms with van der Waals surface area (Å²) in [5.74, 6) is 2.18. The molecule has 1 heterocycles. The fraction of sp³-hybridized carbons (Fsp3) is 0.481. The van der Waals surface area contributed by atoms with Crippen molar-refractivity contribution in [1.82, 2.24) is 0 Å². The van der Waals surface area contributed by atoms with Crippen molar-refractivity contribution in [3.05, 3.63) is 72.2 Å². The molecule has 0 atom stereocenters. The van der Waals surface area contributed by atoms with Crippen LogP contribution in [0.15, 0.2) is 72.2 Å². The van der Waals surface area contributed by atoms with Crippen molar-refractivity contribution >= 4 is 26.5 Å². The van der Waals surface area contributed by atoms with Crippen molar-refractivity contribution in [1.29, 1.82) is 0 Å². The summed E-state index contributed by atoms with van der Waals surface area (Å²) < 4.78 is 19.8. The first-order chi connectivity index (χ1) is 15.2. The Labute approximate surface area is 196 Å². The third-order valence-corrected chi connectivity index (χ3v) is 9.72. The van der Waals surface area contributed by atoms with Gasteiger partial charge in [-0.05, 0) is 57.8 Å². The summed E-state index contributed by atoms with van der Waals surface area (Å²) in [4.78, 5) is 0. The van der Waals surface area contributed by atoms with E-state index in [2.05, 4.69) is 101 Å². The van der Waals surface area contributed by atoms with Gasteiger partial charge in [0, 0.05) is 0 Å². The lowest BCUT2D eigenvalue weighted by Gasteiger charge is -2.41. The van der Waals surface area contributed by atoms with Gasteiger partial charge in [-0.2, -0.15) is 0 Å². The second kappa shape index (κ2) is 9.30. The van der Waals surface area contributed by atoms with E-state index in [0.717, 1.165) is 12.8 Å². The van der Waals surface area contributed by atoms with E-state index in [9.17, 15) is 0 Å². The number of hydrogen-bond acceptors (Lipinski definition) is 3. The zero-order valence-corrected chi connectivity index (χ0v) is 21.2. The molecule has 3 nitrogen and oxygen atoms in total. The van der Waals surface area contributed by atoms with Crippen molar-refractivity contribution in [2.24, 2.45) is 0 Å². The van der Waals surface area contributed by atoms with Crippen molar-refractivity contribution < 1.29 is 13.7 Å². The molecule has 2 aliphatic rings. The molecular weight excluding hydrogens is 411 g/mol. The minimum absolute atomic E-state index is 0.276. The molecule has 2 aromatic carbocycles. The predicted octanol–water partition coefficient (Wildman–Crippen LogP) is 5.09. The van der Waals surface area contributed by atoms with E-state index in [-0.39, 0.29) is 23.9 Å². The average molecular weight is 447 g/mol. The number of benzene rings is 2. The summed E-state index contributed by atoms with van der Waals surface area (Å²) in [6, 6.07) is 21.5. The minimum Gasteiger partial charge on any atom is -0.400 e. The summed E-state index contributed by atoms with van der Waals surface area (Å²) in [6.07, 6.45) is 5.74. The summed E-state index contributed by atoms with van der Waals surface area (Å²) >= 11 is 0. The van der Waals surface area contributed by atoms with Gasteiger partial charge in [-0.15, -0.1) is 0 Å². The Balaban J connectivity index is 1.68. The summed E-state index contributed by atoms with van der Waals surface area (Å²) in [5, 5.41) is 2.58. The van der Waals surface area contributed by atoms with Crippen LogP contribution >= 0.6 is 0 Å². The average Bonchev–Trinajstić information content (AvgIpc) is 2.99. The highest BCUT2D eigenvalue weighted by molar-refractivity contribution is 6.80. The molecule has 0 amide bonds. The van der Waals surface area contributed by atoms with Crippen molar-refractivity contribution in [2.75, 3.05) is 0 Å². The Hall–Kier alpha value is -1.66. The fourth-order valence-electron chi connectivity index (χ4n) is 4.67. The first-order valence-electron chi connectivity index (χ1n) is 11.9. The molecule has 1 aliphatic heterocycles. The lowest BCUT2D eigenvalue weighted by atomic mass is 9.75. The van der Waals surface area contributed by atoms with Gasteiger partial charge >= 0.3 is 7.12 Å². The zero-order valence-electron chi connectivity index (χ0n) is 20.2. The fourth-order valence-corrected chi connectivity index (χ4v) is 6.99. The Bertz CT molecular complexity index is 865. The van der Waals surface area contributed by atoms with Crippen LogP contribution in [0.3, 0.4) is 0 Å². The van der Waals surface area contributed by atoms with E-state index in [0.29, 0.717) is 0 Å². The molecule has 2 fully saturated rings. The molecule has 1 saturated heterocycles. The lowest BCUT2D eigenvalue weighted by Crippen LogP contribution is -2.53. The predicted molar refractivity (Wildman–Crippen MR) is 135 cm³/mol. The van der Waals surface area contributed by atoms with Crippen LogP contribution in [-0.4, -0.2) is 33.0 Å². The molecule has 2 aromatic rings. The Morgan fingerprint density at radius 2 is 1.28 bits per heavy atom. The molecule has 4 rings (SSSR count). The van der Waals surface area contributed by atoms with E-state index < -0.39 is 9.04 Å². The largest absolute Gasteiger partial charge is 0.487 e. The van der Waals surface area contributed by atoms with Crippen LogP contribution in [-0.2, 0) is 13.7 Å². The smallest absolute Gasteiger partial charge is 0.400 e. The van der Waals surface area contributed by atoms with Gasteiger partial charge in [-0.25, -0.2) is 0 Å². The maximum atomic E-state index is 7.25. The molecule has 1 saturated carbocycles. The Kier molecular flexibility index (Phi) is 6.83. The van der Waals surface area contributed by atoms with Crippen LogP contribution in [0.25, 0.3) is 0 Å².